The minimum atomic E-state index is 0. The van der Waals surface area contributed by atoms with E-state index in [1.807, 2.05) is 30.3 Å². The van der Waals surface area contributed by atoms with Crippen molar-refractivity contribution in [2.45, 2.75) is 11.3 Å². The first kappa shape index (κ1) is 17.2. The van der Waals surface area contributed by atoms with Crippen LogP contribution in [0.5, 0.6) is 11.5 Å². The summed E-state index contributed by atoms with van der Waals surface area (Å²) in [5.41, 5.74) is 2.33. The van der Waals surface area contributed by atoms with Crippen LogP contribution in [-0.4, -0.2) is 14.2 Å². The number of hydrogen-bond acceptors (Lipinski definition) is 4. The Morgan fingerprint density at radius 1 is 1.14 bits per heavy atom. The summed E-state index contributed by atoms with van der Waals surface area (Å²) in [6.07, 6.45) is 0.658. The van der Waals surface area contributed by atoms with Gasteiger partial charge < -0.3 is 21.9 Å². The molecule has 0 amide bonds. The monoisotopic (exact) mass is 322 g/mol. The van der Waals surface area contributed by atoms with Gasteiger partial charge in [-0.25, -0.2) is 0 Å². The van der Waals surface area contributed by atoms with Gasteiger partial charge in [-0.2, -0.15) is 0 Å². The lowest BCUT2D eigenvalue weighted by Crippen LogP contribution is -3.00. The maximum atomic E-state index is 9.03. The van der Waals surface area contributed by atoms with Crippen LogP contribution >= 0.6 is 12.6 Å². The third kappa shape index (κ3) is 3.60. The topological polar surface area (TPSA) is 46.6 Å². The predicted octanol–water partition coefficient (Wildman–Crippen LogP) is 1.07. The summed E-state index contributed by atoms with van der Waals surface area (Å²) in [7, 11) is 3.09. The molecule has 2 rings (SSSR count). The molecule has 0 N–H and O–H groups in total. The Morgan fingerprint density at radius 2 is 1.81 bits per heavy atom. The van der Waals surface area contributed by atoms with Crippen molar-refractivity contribution in [3.05, 3.63) is 52.5 Å². The zero-order valence-electron chi connectivity index (χ0n) is 11.7. The molecule has 4 nitrogen and oxygen atoms in total. The van der Waals surface area contributed by atoms with Crippen LogP contribution in [0.4, 0.5) is 5.69 Å². The Balaban J connectivity index is 0.00000220. The van der Waals surface area contributed by atoms with Crippen molar-refractivity contribution in [3.8, 4) is 11.5 Å². The van der Waals surface area contributed by atoms with Crippen LogP contribution in [0, 0.1) is 5.39 Å². The standard InChI is InChI=1S/C15H14N2O2S.ClH/c1-18-13-9-12(17-16)14(19-2)15(20)11(13)8-10-6-4-3-5-7-10;/h3-7,9H,8H2,1-2H3;1H. The molecule has 6 heteroatoms. The predicted molar refractivity (Wildman–Crippen MR) is 80.8 cm³/mol. The molecule has 0 fully saturated rings. The molecule has 0 aliphatic carbocycles. The molecule has 0 saturated heterocycles. The first-order valence-electron chi connectivity index (χ1n) is 6.07. The molecular formula is C15H15ClN2O2S. The maximum Gasteiger partial charge on any atom is 0.431 e. The van der Waals surface area contributed by atoms with Gasteiger partial charge in [-0.1, -0.05) is 30.3 Å². The summed E-state index contributed by atoms with van der Waals surface area (Å²) in [5, 5.41) is 9.03. The minimum Gasteiger partial charge on any atom is -1.00 e. The number of rotatable bonds is 4. The van der Waals surface area contributed by atoms with E-state index in [0.29, 0.717) is 28.5 Å². The minimum absolute atomic E-state index is 0. The second-order valence-electron chi connectivity index (χ2n) is 4.22. The fraction of sp³-hybridized carbons (Fsp3) is 0.200. The van der Waals surface area contributed by atoms with Gasteiger partial charge in [0.25, 0.3) is 0 Å². The molecule has 0 unspecified atom stereocenters. The van der Waals surface area contributed by atoms with E-state index in [9.17, 15) is 0 Å². The van der Waals surface area contributed by atoms with E-state index in [1.54, 1.807) is 13.2 Å². The molecule has 2 aromatic rings. The fourth-order valence-corrected chi connectivity index (χ4v) is 2.48. The van der Waals surface area contributed by atoms with Crippen LogP contribution in [0.3, 0.4) is 0 Å². The quantitative estimate of drug-likeness (QED) is 0.676. The SMILES string of the molecule is COc1cc([N+]#N)c(OC)c(S)c1Cc1ccccc1.[Cl-]. The highest BCUT2D eigenvalue weighted by molar-refractivity contribution is 7.80. The van der Waals surface area contributed by atoms with Crippen LogP contribution in [0.1, 0.15) is 11.1 Å². The van der Waals surface area contributed by atoms with Gasteiger partial charge in [0.05, 0.1) is 25.2 Å². The van der Waals surface area contributed by atoms with Gasteiger partial charge in [-0.15, -0.1) is 12.6 Å². The molecule has 0 atom stereocenters. The third-order valence-corrected chi connectivity index (χ3v) is 3.53. The molecule has 0 radical (unpaired) electrons. The molecule has 21 heavy (non-hydrogen) atoms. The van der Waals surface area contributed by atoms with Gasteiger partial charge in [0.1, 0.15) is 5.75 Å². The van der Waals surface area contributed by atoms with E-state index in [4.69, 9.17) is 14.9 Å². The van der Waals surface area contributed by atoms with Crippen LogP contribution in [0.25, 0.3) is 4.98 Å². The molecular weight excluding hydrogens is 308 g/mol. The van der Waals surface area contributed by atoms with Gasteiger partial charge >= 0.3 is 5.69 Å². The molecule has 110 valence electrons. The molecule has 0 aliphatic heterocycles. The van der Waals surface area contributed by atoms with E-state index >= 15 is 0 Å². The van der Waals surface area contributed by atoms with Crippen LogP contribution < -0.4 is 21.9 Å². The van der Waals surface area contributed by atoms with Crippen LogP contribution in [0.2, 0.25) is 0 Å². The van der Waals surface area contributed by atoms with Crippen molar-refractivity contribution >= 4 is 18.3 Å². The lowest BCUT2D eigenvalue weighted by molar-refractivity contribution is -0.00000479. The number of benzene rings is 2. The average molecular weight is 323 g/mol. The van der Waals surface area contributed by atoms with Crippen LogP contribution in [0.15, 0.2) is 41.3 Å². The van der Waals surface area contributed by atoms with Gasteiger partial charge in [-0.05, 0) is 5.56 Å². The lowest BCUT2D eigenvalue weighted by Gasteiger charge is -2.12. The maximum absolute atomic E-state index is 9.03. The Morgan fingerprint density at radius 3 is 2.33 bits per heavy atom. The number of hydrogen-bond donors (Lipinski definition) is 1. The number of methoxy groups -OCH3 is 2. The Bertz CT molecular complexity index is 657. The summed E-state index contributed by atoms with van der Waals surface area (Å²) in [6.45, 7) is 0. The number of nitrogens with zero attached hydrogens (tertiary/aromatic N) is 2. The first-order chi connectivity index (χ1) is 9.71. The van der Waals surface area contributed by atoms with Crippen molar-refractivity contribution in [2.24, 2.45) is 0 Å². The van der Waals surface area contributed by atoms with Gasteiger partial charge in [-0.3, -0.25) is 0 Å². The van der Waals surface area contributed by atoms with Gasteiger partial charge in [0.2, 0.25) is 11.1 Å². The largest absolute Gasteiger partial charge is 1.00 e. The number of ether oxygens (including phenoxy) is 2. The van der Waals surface area contributed by atoms with E-state index < -0.39 is 0 Å². The molecule has 2 aromatic carbocycles. The van der Waals surface area contributed by atoms with Gasteiger partial charge in [0, 0.05) is 12.0 Å². The Hall–Kier alpha value is -1.90. The summed E-state index contributed by atoms with van der Waals surface area (Å²) in [6, 6.07) is 11.6. The average Bonchev–Trinajstić information content (AvgIpc) is 2.49. The number of thiol groups is 1. The second-order valence-corrected chi connectivity index (χ2v) is 4.67. The molecule has 0 aromatic heterocycles. The molecule has 0 spiro atoms. The zero-order valence-corrected chi connectivity index (χ0v) is 13.4. The highest BCUT2D eigenvalue weighted by Crippen LogP contribution is 2.42. The molecule has 0 aliphatic rings. The summed E-state index contributed by atoms with van der Waals surface area (Å²) < 4.78 is 10.6. The van der Waals surface area contributed by atoms with Crippen molar-refractivity contribution in [3.63, 3.8) is 0 Å². The summed E-state index contributed by atoms with van der Waals surface area (Å²) in [5.74, 6) is 1.05. The van der Waals surface area contributed by atoms with E-state index in [0.717, 1.165) is 11.1 Å². The smallest absolute Gasteiger partial charge is 0.431 e. The van der Waals surface area contributed by atoms with Crippen molar-refractivity contribution in [1.82, 2.24) is 0 Å². The molecule has 0 bridgehead atoms. The fourth-order valence-electron chi connectivity index (χ4n) is 2.08. The van der Waals surface area contributed by atoms with E-state index in [1.165, 1.54) is 7.11 Å². The van der Waals surface area contributed by atoms with Crippen molar-refractivity contribution in [1.29, 1.82) is 5.39 Å². The molecule has 0 heterocycles. The highest BCUT2D eigenvalue weighted by Gasteiger charge is 2.25. The number of diazo groups is 1. The number of halogens is 1. The van der Waals surface area contributed by atoms with Crippen molar-refractivity contribution in [2.75, 3.05) is 14.2 Å². The van der Waals surface area contributed by atoms with Gasteiger partial charge in [0.15, 0.2) is 4.98 Å². The lowest BCUT2D eigenvalue weighted by atomic mass is 10.0. The zero-order chi connectivity index (χ0) is 14.5. The summed E-state index contributed by atoms with van der Waals surface area (Å²) >= 11 is 4.49. The van der Waals surface area contributed by atoms with Crippen molar-refractivity contribution < 1.29 is 21.9 Å². The molecule has 0 saturated carbocycles. The van der Waals surface area contributed by atoms with E-state index in [2.05, 4.69) is 17.6 Å². The summed E-state index contributed by atoms with van der Waals surface area (Å²) in [4.78, 5) is 3.82. The third-order valence-electron chi connectivity index (χ3n) is 3.05. The Kier molecular flexibility index (Phi) is 6.35. The normalized spacial score (nSPS) is 9.43. The van der Waals surface area contributed by atoms with Crippen LogP contribution in [-0.2, 0) is 6.42 Å². The van der Waals surface area contributed by atoms with E-state index in [-0.39, 0.29) is 12.4 Å². The first-order valence-corrected chi connectivity index (χ1v) is 6.51. The Labute approximate surface area is 135 Å². The second kappa shape index (κ2) is 7.77. The highest BCUT2D eigenvalue weighted by atomic mass is 35.5.